The Morgan fingerprint density at radius 3 is 2.00 bits per heavy atom. The van der Waals surface area contributed by atoms with Crippen LogP contribution in [0.3, 0.4) is 0 Å². The maximum Gasteiger partial charge on any atom is -0.0381 e. The van der Waals surface area contributed by atoms with Crippen LogP contribution in [0.2, 0.25) is 0 Å². The van der Waals surface area contributed by atoms with Crippen molar-refractivity contribution in [3.05, 3.63) is 0 Å². The summed E-state index contributed by atoms with van der Waals surface area (Å²) < 4.78 is 0. The van der Waals surface area contributed by atoms with Crippen LogP contribution >= 0.6 is 0 Å². The van der Waals surface area contributed by atoms with Crippen molar-refractivity contribution in [1.29, 1.82) is 0 Å². The summed E-state index contributed by atoms with van der Waals surface area (Å²) in [6, 6.07) is 0. The van der Waals surface area contributed by atoms with Crippen LogP contribution in [0.1, 0.15) is 51.9 Å². The van der Waals surface area contributed by atoms with E-state index in [9.17, 15) is 0 Å². The van der Waals surface area contributed by atoms with E-state index in [0.29, 0.717) is 0 Å². The van der Waals surface area contributed by atoms with E-state index in [1.165, 1.54) is 19.3 Å². The van der Waals surface area contributed by atoms with Crippen molar-refractivity contribution in [2.75, 3.05) is 0 Å². The van der Waals surface area contributed by atoms with Gasteiger partial charge in [-0.15, -0.1) is 0 Å². The quantitative estimate of drug-likeness (QED) is 0.538. The third-order valence-corrected chi connectivity index (χ3v) is 3.73. The molecule has 0 spiro atoms. The van der Waals surface area contributed by atoms with Gasteiger partial charge in [-0.25, -0.2) is 0 Å². The van der Waals surface area contributed by atoms with Crippen LogP contribution in [-0.2, 0) is 0 Å². The van der Waals surface area contributed by atoms with Gasteiger partial charge in [0.05, 0.1) is 0 Å². The molecule has 0 amide bonds. The van der Waals surface area contributed by atoms with E-state index >= 15 is 0 Å². The predicted molar refractivity (Wildman–Crippen MR) is 48.5 cm³/mol. The van der Waals surface area contributed by atoms with Crippen molar-refractivity contribution < 1.29 is 0 Å². The molecular weight excluding hydrogens is 132 g/mol. The lowest BCUT2D eigenvalue weighted by Gasteiger charge is -2.40. The van der Waals surface area contributed by atoms with Gasteiger partial charge in [-0.05, 0) is 30.6 Å². The van der Waals surface area contributed by atoms with E-state index in [0.717, 1.165) is 17.8 Å². The molecular formula is C11H20. The van der Waals surface area contributed by atoms with Gasteiger partial charge in [0.2, 0.25) is 0 Å². The van der Waals surface area contributed by atoms with Crippen molar-refractivity contribution in [2.45, 2.75) is 51.9 Å². The summed E-state index contributed by atoms with van der Waals surface area (Å²) in [6.07, 6.45) is 10.8. The number of hydrogen-bond acceptors (Lipinski definition) is 0. The largest absolute Gasteiger partial charge is 0.0625 e. The molecule has 2 saturated carbocycles. The monoisotopic (exact) mass is 152 g/mol. The molecule has 0 aromatic carbocycles. The summed E-state index contributed by atoms with van der Waals surface area (Å²) in [6.45, 7) is 2.40. The van der Waals surface area contributed by atoms with Gasteiger partial charge in [0.15, 0.2) is 0 Å². The summed E-state index contributed by atoms with van der Waals surface area (Å²) in [5.74, 6) is 3.34. The molecule has 2 fully saturated rings. The summed E-state index contributed by atoms with van der Waals surface area (Å²) >= 11 is 0. The van der Waals surface area contributed by atoms with E-state index in [1.807, 2.05) is 0 Å². The molecule has 0 bridgehead atoms. The first-order valence-electron chi connectivity index (χ1n) is 5.36. The van der Waals surface area contributed by atoms with Crippen molar-refractivity contribution in [1.82, 2.24) is 0 Å². The Bertz CT molecular complexity index is 116. The SMILES string of the molecule is CC1CC(C2CCCCC2)C1. The lowest BCUT2D eigenvalue weighted by atomic mass is 9.65. The first-order valence-corrected chi connectivity index (χ1v) is 5.36. The molecule has 0 N–H and O–H groups in total. The van der Waals surface area contributed by atoms with Crippen LogP contribution in [0.5, 0.6) is 0 Å². The highest BCUT2D eigenvalue weighted by Crippen LogP contribution is 2.43. The molecule has 0 aromatic rings. The highest BCUT2D eigenvalue weighted by Gasteiger charge is 2.32. The molecule has 0 unspecified atom stereocenters. The first-order chi connectivity index (χ1) is 5.36. The fourth-order valence-corrected chi connectivity index (χ4v) is 2.96. The van der Waals surface area contributed by atoms with Gasteiger partial charge in [0.25, 0.3) is 0 Å². The molecule has 2 rings (SSSR count). The highest BCUT2D eigenvalue weighted by atomic mass is 14.4. The average molecular weight is 152 g/mol. The van der Waals surface area contributed by atoms with Crippen molar-refractivity contribution in [2.24, 2.45) is 17.8 Å². The molecule has 2 aliphatic carbocycles. The van der Waals surface area contributed by atoms with E-state index < -0.39 is 0 Å². The van der Waals surface area contributed by atoms with Gasteiger partial charge in [-0.1, -0.05) is 39.0 Å². The molecule has 0 aromatic heterocycles. The molecule has 0 saturated heterocycles. The Morgan fingerprint density at radius 2 is 1.45 bits per heavy atom. The van der Waals surface area contributed by atoms with Gasteiger partial charge >= 0.3 is 0 Å². The Labute approximate surface area is 70.4 Å². The third-order valence-electron chi connectivity index (χ3n) is 3.73. The normalized spacial score (nSPS) is 40.1. The standard InChI is InChI=1S/C11H20/c1-9-7-11(8-9)10-5-3-2-4-6-10/h9-11H,2-8H2,1H3. The van der Waals surface area contributed by atoms with Gasteiger partial charge in [0, 0.05) is 0 Å². The molecule has 0 heteroatoms. The van der Waals surface area contributed by atoms with Crippen LogP contribution < -0.4 is 0 Å². The summed E-state index contributed by atoms with van der Waals surface area (Å²) in [5.41, 5.74) is 0. The summed E-state index contributed by atoms with van der Waals surface area (Å²) in [5, 5.41) is 0. The molecule has 11 heavy (non-hydrogen) atoms. The molecule has 64 valence electrons. The molecule has 0 atom stereocenters. The smallest absolute Gasteiger partial charge is 0.0381 e. The van der Waals surface area contributed by atoms with Crippen LogP contribution in [0.4, 0.5) is 0 Å². The van der Waals surface area contributed by atoms with E-state index in [2.05, 4.69) is 6.92 Å². The van der Waals surface area contributed by atoms with Crippen LogP contribution in [0.15, 0.2) is 0 Å². The van der Waals surface area contributed by atoms with Crippen molar-refractivity contribution in [3.8, 4) is 0 Å². The third kappa shape index (κ3) is 1.60. The van der Waals surface area contributed by atoms with Gasteiger partial charge in [-0.3, -0.25) is 0 Å². The molecule has 0 radical (unpaired) electrons. The fraction of sp³-hybridized carbons (Fsp3) is 1.00. The van der Waals surface area contributed by atoms with Gasteiger partial charge < -0.3 is 0 Å². The first kappa shape index (κ1) is 7.64. The number of rotatable bonds is 1. The van der Waals surface area contributed by atoms with Crippen LogP contribution in [0.25, 0.3) is 0 Å². The molecule has 0 aliphatic heterocycles. The van der Waals surface area contributed by atoms with E-state index in [1.54, 1.807) is 25.7 Å². The lowest BCUT2D eigenvalue weighted by molar-refractivity contribution is 0.108. The van der Waals surface area contributed by atoms with Gasteiger partial charge in [0.1, 0.15) is 0 Å². The second-order valence-electron chi connectivity index (χ2n) is 4.73. The second-order valence-corrected chi connectivity index (χ2v) is 4.73. The Balaban J connectivity index is 1.76. The highest BCUT2D eigenvalue weighted by molar-refractivity contribution is 4.83. The maximum absolute atomic E-state index is 2.40. The topological polar surface area (TPSA) is 0 Å². The van der Waals surface area contributed by atoms with E-state index in [-0.39, 0.29) is 0 Å². The van der Waals surface area contributed by atoms with Crippen LogP contribution in [0, 0.1) is 17.8 Å². The second kappa shape index (κ2) is 3.16. The minimum absolute atomic E-state index is 1.06. The molecule has 0 heterocycles. The van der Waals surface area contributed by atoms with Gasteiger partial charge in [-0.2, -0.15) is 0 Å². The lowest BCUT2D eigenvalue weighted by Crippen LogP contribution is -2.29. The minimum atomic E-state index is 1.06. The predicted octanol–water partition coefficient (Wildman–Crippen LogP) is 3.61. The Hall–Kier alpha value is 0. The Kier molecular flexibility index (Phi) is 2.20. The fourth-order valence-electron chi connectivity index (χ4n) is 2.96. The number of hydrogen-bond donors (Lipinski definition) is 0. The average Bonchev–Trinajstić information content (AvgIpc) is 2.01. The zero-order valence-corrected chi connectivity index (χ0v) is 7.68. The summed E-state index contributed by atoms with van der Waals surface area (Å²) in [7, 11) is 0. The zero-order chi connectivity index (χ0) is 7.68. The van der Waals surface area contributed by atoms with Crippen LogP contribution in [-0.4, -0.2) is 0 Å². The molecule has 2 aliphatic rings. The zero-order valence-electron chi connectivity index (χ0n) is 7.68. The van der Waals surface area contributed by atoms with Crippen molar-refractivity contribution in [3.63, 3.8) is 0 Å². The maximum atomic E-state index is 2.40. The molecule has 0 nitrogen and oxygen atoms in total. The van der Waals surface area contributed by atoms with Crippen molar-refractivity contribution >= 4 is 0 Å². The van der Waals surface area contributed by atoms with E-state index in [4.69, 9.17) is 0 Å². The summed E-state index contributed by atoms with van der Waals surface area (Å²) in [4.78, 5) is 0. The Morgan fingerprint density at radius 1 is 0.818 bits per heavy atom. The minimum Gasteiger partial charge on any atom is -0.0625 e.